The molecule has 4 nitrogen and oxygen atoms in total. The molecule has 0 fully saturated rings. The van der Waals surface area contributed by atoms with Gasteiger partial charge in [0.1, 0.15) is 16.8 Å². The number of phenolic OH excluding ortho intramolecular Hbond substituents is 1. The lowest BCUT2D eigenvalue weighted by atomic mass is 10.1. The molecule has 112 valence electrons. The number of allylic oxidation sites excluding steroid dienone is 2. The Morgan fingerprint density at radius 1 is 0.909 bits per heavy atom. The molecule has 0 aliphatic rings. The van der Waals surface area contributed by atoms with Crippen molar-refractivity contribution < 1.29 is 5.11 Å². The van der Waals surface area contributed by atoms with E-state index in [0.717, 1.165) is 30.3 Å². The number of aromatic nitrogens is 3. The first-order chi connectivity index (χ1) is 10.8. The number of aryl methyl sites for hydroxylation is 1. The fourth-order valence-corrected chi connectivity index (χ4v) is 2.36. The van der Waals surface area contributed by atoms with Gasteiger partial charge in [0.25, 0.3) is 0 Å². The van der Waals surface area contributed by atoms with Crippen LogP contribution in [-0.4, -0.2) is 20.1 Å². The second-order valence-electron chi connectivity index (χ2n) is 5.27. The number of hydrogen-bond donors (Lipinski definition) is 1. The van der Waals surface area contributed by atoms with E-state index in [2.05, 4.69) is 22.3 Å². The molecule has 0 saturated carbocycles. The summed E-state index contributed by atoms with van der Waals surface area (Å²) in [6.07, 6.45) is 7.43. The van der Waals surface area contributed by atoms with E-state index >= 15 is 0 Å². The highest BCUT2D eigenvalue weighted by molar-refractivity contribution is 5.72. The van der Waals surface area contributed by atoms with Crippen molar-refractivity contribution in [2.45, 2.75) is 25.8 Å². The van der Waals surface area contributed by atoms with Crippen LogP contribution < -0.4 is 0 Å². The Balaban J connectivity index is 1.43. The van der Waals surface area contributed by atoms with E-state index in [4.69, 9.17) is 0 Å². The minimum Gasteiger partial charge on any atom is -0.508 e. The molecule has 4 heteroatoms. The molecule has 0 bridgehead atoms. The minimum atomic E-state index is 0.322. The van der Waals surface area contributed by atoms with Crippen LogP contribution in [0.15, 0.2) is 60.7 Å². The van der Waals surface area contributed by atoms with Crippen molar-refractivity contribution in [2.24, 2.45) is 0 Å². The highest BCUT2D eigenvalue weighted by atomic mass is 16.3. The van der Waals surface area contributed by atoms with Crippen LogP contribution in [0, 0.1) is 0 Å². The van der Waals surface area contributed by atoms with E-state index in [1.165, 1.54) is 5.56 Å². The van der Waals surface area contributed by atoms with Crippen LogP contribution in [0.5, 0.6) is 5.75 Å². The molecule has 22 heavy (non-hydrogen) atoms. The van der Waals surface area contributed by atoms with Crippen molar-refractivity contribution in [3.63, 3.8) is 0 Å². The highest BCUT2D eigenvalue weighted by Gasteiger charge is 1.98. The molecule has 0 radical (unpaired) electrons. The summed E-state index contributed by atoms with van der Waals surface area (Å²) in [4.78, 5) is 1.72. The molecule has 0 aliphatic heterocycles. The number of rotatable bonds is 6. The maximum atomic E-state index is 9.23. The zero-order chi connectivity index (χ0) is 15.2. The molecule has 1 N–H and O–H groups in total. The smallest absolute Gasteiger partial charge is 0.115 e. The first-order valence-electron chi connectivity index (χ1n) is 7.54. The van der Waals surface area contributed by atoms with Crippen molar-refractivity contribution in [1.82, 2.24) is 15.0 Å². The van der Waals surface area contributed by atoms with E-state index in [-0.39, 0.29) is 0 Å². The van der Waals surface area contributed by atoms with Crippen LogP contribution in [0.2, 0.25) is 0 Å². The normalized spacial score (nSPS) is 11.5. The quantitative estimate of drug-likeness (QED) is 0.556. The summed E-state index contributed by atoms with van der Waals surface area (Å²) in [5.74, 6) is 0.322. The van der Waals surface area contributed by atoms with Gasteiger partial charge in [0.15, 0.2) is 0 Å². The molecule has 0 atom stereocenters. The van der Waals surface area contributed by atoms with E-state index in [0.29, 0.717) is 12.3 Å². The SMILES string of the molecule is Oc1ccc(CCCC=CCn2nc3ccccc3n2)cc1. The van der Waals surface area contributed by atoms with Gasteiger partial charge in [0, 0.05) is 0 Å². The van der Waals surface area contributed by atoms with Crippen molar-refractivity contribution in [2.75, 3.05) is 0 Å². The molecule has 0 saturated heterocycles. The molecule has 0 aliphatic carbocycles. The van der Waals surface area contributed by atoms with Crippen molar-refractivity contribution in [3.8, 4) is 5.75 Å². The Hall–Kier alpha value is -2.62. The fraction of sp³-hybridized carbons (Fsp3) is 0.222. The Kier molecular flexibility index (Phi) is 4.49. The average molecular weight is 293 g/mol. The van der Waals surface area contributed by atoms with Crippen LogP contribution >= 0.6 is 0 Å². The van der Waals surface area contributed by atoms with Crippen molar-refractivity contribution in [1.29, 1.82) is 0 Å². The molecular formula is C18H19N3O. The van der Waals surface area contributed by atoms with Crippen LogP contribution in [-0.2, 0) is 13.0 Å². The molecule has 3 rings (SSSR count). The summed E-state index contributed by atoms with van der Waals surface area (Å²) in [7, 11) is 0. The van der Waals surface area contributed by atoms with Gasteiger partial charge in [-0.3, -0.25) is 0 Å². The number of hydrogen-bond acceptors (Lipinski definition) is 3. The molecule has 3 aromatic rings. The molecule has 0 unspecified atom stereocenters. The van der Waals surface area contributed by atoms with Gasteiger partial charge in [-0.2, -0.15) is 15.0 Å². The van der Waals surface area contributed by atoms with Gasteiger partial charge in [0.05, 0.1) is 6.54 Å². The number of nitrogens with zero attached hydrogens (tertiary/aromatic N) is 3. The number of benzene rings is 2. The second-order valence-corrected chi connectivity index (χ2v) is 5.27. The molecule has 1 heterocycles. The highest BCUT2D eigenvalue weighted by Crippen LogP contribution is 2.12. The number of aromatic hydroxyl groups is 1. The lowest BCUT2D eigenvalue weighted by molar-refractivity contribution is 0.475. The summed E-state index contributed by atoms with van der Waals surface area (Å²) >= 11 is 0. The fourth-order valence-electron chi connectivity index (χ4n) is 2.36. The summed E-state index contributed by atoms with van der Waals surface area (Å²) in [5.41, 5.74) is 3.12. The number of unbranched alkanes of at least 4 members (excludes halogenated alkanes) is 1. The summed E-state index contributed by atoms with van der Waals surface area (Å²) < 4.78 is 0. The standard InChI is InChI=1S/C18H19N3O/c22-16-12-10-15(11-13-16)7-3-1-2-6-14-21-19-17-8-4-5-9-18(17)20-21/h2,4-6,8-13,22H,1,3,7,14H2. The lowest BCUT2D eigenvalue weighted by Crippen LogP contribution is -1.99. The minimum absolute atomic E-state index is 0.322. The maximum Gasteiger partial charge on any atom is 0.115 e. The van der Waals surface area contributed by atoms with Crippen LogP contribution in [0.4, 0.5) is 0 Å². The zero-order valence-corrected chi connectivity index (χ0v) is 12.4. The zero-order valence-electron chi connectivity index (χ0n) is 12.4. The first-order valence-corrected chi connectivity index (χ1v) is 7.54. The second kappa shape index (κ2) is 6.89. The third-order valence-electron chi connectivity index (χ3n) is 3.54. The lowest BCUT2D eigenvalue weighted by Gasteiger charge is -1.99. The summed E-state index contributed by atoms with van der Waals surface area (Å²) in [6.45, 7) is 0.702. The van der Waals surface area contributed by atoms with Gasteiger partial charge in [-0.1, -0.05) is 36.4 Å². The predicted molar refractivity (Wildman–Crippen MR) is 87.7 cm³/mol. The van der Waals surface area contributed by atoms with Crippen LogP contribution in [0.3, 0.4) is 0 Å². The van der Waals surface area contributed by atoms with Crippen LogP contribution in [0.1, 0.15) is 18.4 Å². The Morgan fingerprint density at radius 2 is 1.59 bits per heavy atom. The third kappa shape index (κ3) is 3.73. The topological polar surface area (TPSA) is 50.9 Å². The molecule has 0 amide bonds. The monoisotopic (exact) mass is 293 g/mol. The summed E-state index contributed by atoms with van der Waals surface area (Å²) in [6, 6.07) is 15.3. The Bertz CT molecular complexity index is 726. The third-order valence-corrected chi connectivity index (χ3v) is 3.54. The molecule has 2 aromatic carbocycles. The summed E-state index contributed by atoms with van der Waals surface area (Å²) in [5, 5.41) is 18.1. The molecule has 1 aromatic heterocycles. The molecule has 0 spiro atoms. The number of phenols is 1. The average Bonchev–Trinajstić information content (AvgIpc) is 2.95. The van der Waals surface area contributed by atoms with Gasteiger partial charge in [-0.15, -0.1) is 0 Å². The first kappa shape index (κ1) is 14.3. The van der Waals surface area contributed by atoms with Gasteiger partial charge < -0.3 is 5.11 Å². The van der Waals surface area contributed by atoms with E-state index in [1.807, 2.05) is 36.4 Å². The van der Waals surface area contributed by atoms with Gasteiger partial charge in [-0.05, 0) is 49.1 Å². The molecular weight excluding hydrogens is 274 g/mol. The van der Waals surface area contributed by atoms with Crippen molar-refractivity contribution in [3.05, 3.63) is 66.2 Å². The predicted octanol–water partition coefficient (Wildman–Crippen LogP) is 3.72. The van der Waals surface area contributed by atoms with E-state index in [9.17, 15) is 5.11 Å². The van der Waals surface area contributed by atoms with Gasteiger partial charge in [-0.25, -0.2) is 0 Å². The van der Waals surface area contributed by atoms with Crippen LogP contribution in [0.25, 0.3) is 11.0 Å². The largest absolute Gasteiger partial charge is 0.508 e. The Labute approximate surface area is 129 Å². The van der Waals surface area contributed by atoms with Gasteiger partial charge >= 0.3 is 0 Å². The Morgan fingerprint density at radius 3 is 2.27 bits per heavy atom. The maximum absolute atomic E-state index is 9.23. The van der Waals surface area contributed by atoms with E-state index < -0.39 is 0 Å². The van der Waals surface area contributed by atoms with Gasteiger partial charge in [0.2, 0.25) is 0 Å². The van der Waals surface area contributed by atoms with E-state index in [1.54, 1.807) is 16.9 Å². The number of fused-ring (bicyclic) bond motifs is 1. The van der Waals surface area contributed by atoms with Crippen molar-refractivity contribution >= 4 is 11.0 Å².